The molecule has 0 bridgehead atoms. The molecule has 17 heteroatoms. The number of carbonyl (C=O) groups is 5. The summed E-state index contributed by atoms with van der Waals surface area (Å²) in [6, 6.07) is 1.90. The van der Waals surface area contributed by atoms with Crippen molar-refractivity contribution in [3.63, 3.8) is 0 Å². The maximum atomic E-state index is 14.7. The zero-order valence-electron chi connectivity index (χ0n) is 31.9. The third kappa shape index (κ3) is 8.06. The molecule has 2 aliphatic carbocycles. The van der Waals surface area contributed by atoms with E-state index in [-0.39, 0.29) is 37.9 Å². The van der Waals surface area contributed by atoms with Gasteiger partial charge in [0.2, 0.25) is 21.8 Å². The molecule has 4 fully saturated rings. The molecule has 0 radical (unpaired) electrons. The monoisotopic (exact) mass is 814 g/mol. The van der Waals surface area contributed by atoms with Crippen molar-refractivity contribution in [2.45, 2.75) is 114 Å². The molecule has 2 aromatic heterocycles. The largest absolute Gasteiger partial charge is 0.444 e. The number of hydrogen-bond donors (Lipinski definition) is 3. The van der Waals surface area contributed by atoms with Crippen molar-refractivity contribution in [1.29, 1.82) is 0 Å². The number of thiophene rings is 1. The van der Waals surface area contributed by atoms with Crippen molar-refractivity contribution in [3.8, 4) is 9.88 Å². The molecule has 5 amide bonds. The summed E-state index contributed by atoms with van der Waals surface area (Å²) in [6.45, 7) is 9.38. The molecule has 3 aliphatic heterocycles. The van der Waals surface area contributed by atoms with Crippen LogP contribution in [0.1, 0.15) is 94.4 Å². The third-order valence-corrected chi connectivity index (χ3v) is 15.7. The summed E-state index contributed by atoms with van der Waals surface area (Å²) in [6.07, 6.45) is 7.35. The van der Waals surface area contributed by atoms with Crippen LogP contribution in [0.15, 0.2) is 29.7 Å². The molecule has 55 heavy (non-hydrogen) atoms. The SMILES string of the molecule is Cc1ccc(-c2nc(C(=O)N3C[C@H]4CN5C(=O)[C@@H](NC(=O)OC(C)(C)C)CCCCC/C=C\[C@H]6C[C@@]6(C(=O)NS(=O)(=O)C6(C)CC6)NC(=O)[C@@H]5[C@H]4C3)cs2)s1. The van der Waals surface area contributed by atoms with Crippen LogP contribution < -0.4 is 15.4 Å². The highest BCUT2D eigenvalue weighted by molar-refractivity contribution is 7.91. The molecule has 2 aromatic rings. The molecule has 6 atom stereocenters. The van der Waals surface area contributed by atoms with Gasteiger partial charge in [0.05, 0.1) is 9.62 Å². The number of rotatable bonds is 6. The highest BCUT2D eigenvalue weighted by atomic mass is 32.2. The van der Waals surface area contributed by atoms with Gasteiger partial charge in [0.1, 0.15) is 33.9 Å². The Hall–Kier alpha value is -3.83. The van der Waals surface area contributed by atoms with Gasteiger partial charge in [0, 0.05) is 47.6 Å². The van der Waals surface area contributed by atoms with Crippen molar-refractivity contribution >= 4 is 62.4 Å². The average molecular weight is 815 g/mol. The van der Waals surface area contributed by atoms with Gasteiger partial charge in [-0.2, -0.15) is 0 Å². The Morgan fingerprint density at radius 1 is 1.07 bits per heavy atom. The van der Waals surface area contributed by atoms with Crippen molar-refractivity contribution in [2.24, 2.45) is 17.8 Å². The minimum atomic E-state index is -4.00. The molecule has 2 saturated carbocycles. The van der Waals surface area contributed by atoms with Crippen LogP contribution in [-0.2, 0) is 29.1 Å². The second-order valence-electron chi connectivity index (χ2n) is 16.9. The zero-order chi connectivity index (χ0) is 39.5. The number of aryl methyl sites for hydroxylation is 1. The number of likely N-dealkylation sites (tertiary alicyclic amines) is 1. The fourth-order valence-electron chi connectivity index (χ4n) is 7.98. The Morgan fingerprint density at radius 2 is 1.84 bits per heavy atom. The number of amides is 5. The molecule has 0 spiro atoms. The maximum Gasteiger partial charge on any atom is 0.408 e. The van der Waals surface area contributed by atoms with Gasteiger partial charge < -0.3 is 25.2 Å². The number of alkyl carbamates (subject to hydrolysis) is 1. The molecule has 2 saturated heterocycles. The van der Waals surface area contributed by atoms with E-state index in [2.05, 4.69) is 20.3 Å². The molecule has 14 nitrogen and oxygen atoms in total. The average Bonchev–Trinajstić information content (AvgIpc) is 3.63. The molecule has 5 aliphatic rings. The summed E-state index contributed by atoms with van der Waals surface area (Å²) in [4.78, 5) is 79.9. The molecule has 0 aromatic carbocycles. The van der Waals surface area contributed by atoms with Crippen molar-refractivity contribution < 1.29 is 37.1 Å². The predicted molar refractivity (Wildman–Crippen MR) is 208 cm³/mol. The molecule has 298 valence electrons. The number of aromatic nitrogens is 1. The number of sulfonamides is 1. The zero-order valence-corrected chi connectivity index (χ0v) is 34.3. The number of hydrogen-bond acceptors (Lipinski definition) is 11. The van der Waals surface area contributed by atoms with Crippen LogP contribution in [0.2, 0.25) is 0 Å². The number of allylic oxidation sites excluding steroid dienone is 1. The molecule has 5 heterocycles. The van der Waals surface area contributed by atoms with Gasteiger partial charge in [0.25, 0.3) is 11.8 Å². The van der Waals surface area contributed by atoms with Gasteiger partial charge in [-0.25, -0.2) is 18.2 Å². The number of ether oxygens (including phenoxy) is 1. The van der Waals surface area contributed by atoms with Crippen molar-refractivity contribution in [1.82, 2.24) is 30.1 Å². The standard InChI is InChI=1S/C38H50N6O8S3/c1-22-13-14-28(54-22)31-39-27(21-53-31)32(46)43-18-23-19-44-29(25(23)20-43)30(45)41-38(34(48)42-55(50,51)37(5)15-16-37)17-24(38)11-9-7-6-8-10-12-26(33(44)47)40-35(49)52-36(2,3)4/h9,11,13-14,21,23-26,29H,6-8,10,12,15-20H2,1-5H3,(H,40,49)(H,41,45)(H,42,48)/b11-9-/t23-,24-,25-,26-,29-,38+/m0/s1. The minimum Gasteiger partial charge on any atom is -0.444 e. The van der Waals surface area contributed by atoms with Crippen LogP contribution in [0.25, 0.3) is 9.88 Å². The van der Waals surface area contributed by atoms with E-state index in [0.717, 1.165) is 27.6 Å². The minimum absolute atomic E-state index is 0.143. The van der Waals surface area contributed by atoms with E-state index in [1.165, 1.54) is 16.2 Å². The van der Waals surface area contributed by atoms with Crippen molar-refractivity contribution in [3.05, 3.63) is 40.2 Å². The summed E-state index contributed by atoms with van der Waals surface area (Å²) in [7, 11) is -4.00. The Balaban J connectivity index is 1.17. The van der Waals surface area contributed by atoms with E-state index >= 15 is 0 Å². The molecule has 0 unspecified atom stereocenters. The Kier molecular flexibility index (Phi) is 10.5. The third-order valence-electron chi connectivity index (χ3n) is 11.5. The number of thiazole rings is 1. The Labute approximate surface area is 329 Å². The van der Waals surface area contributed by atoms with Gasteiger partial charge in [-0.3, -0.25) is 23.9 Å². The van der Waals surface area contributed by atoms with E-state index in [4.69, 9.17) is 4.74 Å². The molecule has 7 rings (SSSR count). The summed E-state index contributed by atoms with van der Waals surface area (Å²) in [5.74, 6) is -3.34. The number of nitrogens with one attached hydrogen (secondary N) is 3. The highest BCUT2D eigenvalue weighted by Crippen LogP contribution is 2.48. The highest BCUT2D eigenvalue weighted by Gasteiger charge is 2.64. The van der Waals surface area contributed by atoms with Gasteiger partial charge in [-0.15, -0.1) is 22.7 Å². The van der Waals surface area contributed by atoms with Gasteiger partial charge in [-0.1, -0.05) is 25.0 Å². The lowest BCUT2D eigenvalue weighted by Gasteiger charge is -2.33. The van der Waals surface area contributed by atoms with Gasteiger partial charge >= 0.3 is 6.09 Å². The van der Waals surface area contributed by atoms with Crippen LogP contribution in [0.5, 0.6) is 0 Å². The lowest BCUT2D eigenvalue weighted by Crippen LogP contribution is -2.60. The molecule has 3 N–H and O–H groups in total. The first kappa shape index (κ1) is 39.4. The quantitative estimate of drug-likeness (QED) is 0.357. The van der Waals surface area contributed by atoms with E-state index in [9.17, 15) is 32.4 Å². The van der Waals surface area contributed by atoms with Gasteiger partial charge in [0.15, 0.2) is 0 Å². The van der Waals surface area contributed by atoms with E-state index in [1.54, 1.807) is 49.3 Å². The smallest absolute Gasteiger partial charge is 0.408 e. The molecular formula is C38H50N6O8S3. The maximum absolute atomic E-state index is 14.7. The van der Waals surface area contributed by atoms with E-state index in [1.807, 2.05) is 31.2 Å². The number of nitrogens with zero attached hydrogens (tertiary/aromatic N) is 3. The van der Waals surface area contributed by atoms with Crippen LogP contribution in [0.4, 0.5) is 4.79 Å². The first-order valence-electron chi connectivity index (χ1n) is 19.1. The van der Waals surface area contributed by atoms with Crippen LogP contribution in [-0.4, -0.2) is 101 Å². The molecular weight excluding hydrogens is 765 g/mol. The summed E-state index contributed by atoms with van der Waals surface area (Å²) < 4.78 is 33.1. The van der Waals surface area contributed by atoms with Crippen LogP contribution >= 0.6 is 22.7 Å². The summed E-state index contributed by atoms with van der Waals surface area (Å²) in [5.41, 5.74) is -2.03. The fourth-order valence-corrected chi connectivity index (χ4v) is 11.0. The lowest BCUT2D eigenvalue weighted by atomic mass is 9.93. The van der Waals surface area contributed by atoms with Gasteiger partial charge in [-0.05, 0) is 85.3 Å². The Morgan fingerprint density at radius 3 is 2.53 bits per heavy atom. The summed E-state index contributed by atoms with van der Waals surface area (Å²) >= 11 is 2.99. The normalized spacial score (nSPS) is 29.8. The van der Waals surface area contributed by atoms with Crippen LogP contribution in [0.3, 0.4) is 0 Å². The van der Waals surface area contributed by atoms with Crippen LogP contribution in [0, 0.1) is 24.7 Å². The summed E-state index contributed by atoms with van der Waals surface area (Å²) in [5, 5.41) is 8.18. The number of carbonyl (C=O) groups excluding carboxylic acids is 5. The fraction of sp³-hybridized carbons (Fsp3) is 0.632. The number of fused-ring (bicyclic) bond motifs is 4. The second-order valence-corrected chi connectivity index (χ2v) is 21.3. The second kappa shape index (κ2) is 14.6. The first-order chi connectivity index (χ1) is 25.9. The first-order valence-corrected chi connectivity index (χ1v) is 22.2. The van der Waals surface area contributed by atoms with E-state index in [0.29, 0.717) is 37.8 Å². The van der Waals surface area contributed by atoms with E-state index < -0.39 is 73.6 Å². The predicted octanol–water partition coefficient (Wildman–Crippen LogP) is 4.37. The topological polar surface area (TPSA) is 184 Å². The van der Waals surface area contributed by atoms with Crippen molar-refractivity contribution in [2.75, 3.05) is 19.6 Å². The Bertz CT molecular complexity index is 2020. The lowest BCUT2D eigenvalue weighted by molar-refractivity contribution is -0.142.